The molecule has 0 aliphatic heterocycles. The average Bonchev–Trinajstić information content (AvgIpc) is 2.90. The lowest BCUT2D eigenvalue weighted by atomic mass is 10.1. The van der Waals surface area contributed by atoms with Crippen molar-refractivity contribution in [2.45, 2.75) is 84.6 Å². The Labute approximate surface area is 240 Å². The van der Waals surface area contributed by atoms with Crippen LogP contribution in [0.15, 0.2) is 48.5 Å². The topological polar surface area (TPSA) is 81.2 Å². The Hall–Kier alpha value is -2.13. The van der Waals surface area contributed by atoms with E-state index in [1.807, 2.05) is 18.2 Å². The molecule has 1 amide bonds. The lowest BCUT2D eigenvalue weighted by Gasteiger charge is -2.12. The Morgan fingerprint density at radius 3 is 2.16 bits per heavy atom. The van der Waals surface area contributed by atoms with Gasteiger partial charge in [-0.05, 0) is 55.7 Å². The third-order valence-corrected chi connectivity index (χ3v) is 6.42. The number of benzene rings is 2. The van der Waals surface area contributed by atoms with Crippen LogP contribution >= 0.6 is 0 Å². The first-order chi connectivity index (χ1) is 17.6. The summed E-state index contributed by atoms with van der Waals surface area (Å²) < 4.78 is 11.3. The summed E-state index contributed by atoms with van der Waals surface area (Å²) >= 11 is 0. The van der Waals surface area contributed by atoms with Crippen LogP contribution in [0.4, 0.5) is 5.69 Å². The highest BCUT2D eigenvalue weighted by Crippen LogP contribution is 2.21. The number of unbranched alkanes of at least 4 members (excludes halogenated alkanes) is 6. The minimum atomic E-state index is -0.352. The molecule has 6 nitrogen and oxygen atoms in total. The van der Waals surface area contributed by atoms with Gasteiger partial charge >= 0.3 is 5.97 Å². The summed E-state index contributed by atoms with van der Waals surface area (Å²) in [5, 5.41) is 5.12. The van der Waals surface area contributed by atoms with Crippen LogP contribution in [0.3, 0.4) is 0 Å². The zero-order valence-electron chi connectivity index (χ0n) is 22.8. The van der Waals surface area contributed by atoms with E-state index >= 15 is 0 Å². The molecule has 7 heteroatoms. The van der Waals surface area contributed by atoms with Crippen molar-refractivity contribution in [2.75, 3.05) is 25.1 Å². The molecule has 0 aliphatic rings. The number of halogens is 1. The van der Waals surface area contributed by atoms with Gasteiger partial charge < -0.3 is 44.1 Å². The smallest absolute Gasteiger partial charge is 0.338 e. The predicted octanol–water partition coefficient (Wildman–Crippen LogP) is 2.98. The first-order valence-corrected chi connectivity index (χ1v) is 13.7. The summed E-state index contributed by atoms with van der Waals surface area (Å²) in [4.78, 5) is 25.2. The van der Waals surface area contributed by atoms with E-state index in [4.69, 9.17) is 9.47 Å². The highest BCUT2D eigenvalue weighted by molar-refractivity contribution is 6.06. The first kappa shape index (κ1) is 32.9. The summed E-state index contributed by atoms with van der Waals surface area (Å²) in [7, 11) is 0. The lowest BCUT2D eigenvalue weighted by molar-refractivity contribution is -0.690. The van der Waals surface area contributed by atoms with Crippen molar-refractivity contribution in [3.63, 3.8) is 0 Å². The molecule has 0 atom stereocenters. The lowest BCUT2D eigenvalue weighted by Crippen LogP contribution is -3.00. The molecule has 0 aliphatic carbocycles. The maximum atomic E-state index is 12.9. The maximum absolute atomic E-state index is 12.9. The van der Waals surface area contributed by atoms with Gasteiger partial charge in [0.1, 0.15) is 18.9 Å². The molecule has 0 heterocycles. The zero-order chi connectivity index (χ0) is 26.0. The number of para-hydroxylation sites is 1. The van der Waals surface area contributed by atoms with E-state index in [1.165, 1.54) is 32.1 Å². The molecule has 37 heavy (non-hydrogen) atoms. The van der Waals surface area contributed by atoms with Crippen LogP contribution in [0, 0.1) is 0 Å². The summed E-state index contributed by atoms with van der Waals surface area (Å²) in [5.41, 5.74) is 1.58. The van der Waals surface area contributed by atoms with Crippen LogP contribution in [-0.4, -0.2) is 37.7 Å². The number of amides is 1. The van der Waals surface area contributed by atoms with Gasteiger partial charge in [0.15, 0.2) is 0 Å². The van der Waals surface area contributed by atoms with Crippen molar-refractivity contribution in [1.29, 1.82) is 0 Å². The maximum Gasteiger partial charge on any atom is 0.338 e. The summed E-state index contributed by atoms with van der Waals surface area (Å²) in [5.74, 6) is -0.00117. The Kier molecular flexibility index (Phi) is 17.7. The van der Waals surface area contributed by atoms with Gasteiger partial charge in [0.25, 0.3) is 5.91 Å². The molecule has 2 aromatic carbocycles. The van der Waals surface area contributed by atoms with E-state index in [2.05, 4.69) is 31.4 Å². The fourth-order valence-electron chi connectivity index (χ4n) is 4.07. The number of ether oxygens (including phenoxy) is 2. The molecule has 0 unspecified atom stereocenters. The Balaban J connectivity index is 0.00000684. The van der Waals surface area contributed by atoms with E-state index in [1.54, 1.807) is 30.3 Å². The molecule has 0 saturated carbocycles. The Morgan fingerprint density at radius 1 is 0.838 bits per heavy atom. The van der Waals surface area contributed by atoms with Crippen LogP contribution in [0.5, 0.6) is 5.75 Å². The predicted molar refractivity (Wildman–Crippen MR) is 146 cm³/mol. The van der Waals surface area contributed by atoms with Crippen molar-refractivity contribution in [1.82, 2.24) is 0 Å². The molecule has 3 N–H and O–H groups in total. The van der Waals surface area contributed by atoms with Gasteiger partial charge in [-0.15, -0.1) is 0 Å². The fraction of sp³-hybridized carbons (Fsp3) is 0.533. The molecule has 0 radical (unpaired) electrons. The van der Waals surface area contributed by atoms with Gasteiger partial charge in [0.05, 0.1) is 23.8 Å². The summed E-state index contributed by atoms with van der Waals surface area (Å²) in [6, 6.07) is 14.6. The molecule has 2 aromatic rings. The molecule has 0 saturated heterocycles. The molecule has 2 rings (SSSR count). The zero-order valence-corrected chi connectivity index (χ0v) is 24.9. The largest absolute Gasteiger partial charge is 1.00 e. The van der Waals surface area contributed by atoms with Crippen LogP contribution in [-0.2, 0) is 4.74 Å². The van der Waals surface area contributed by atoms with E-state index in [-0.39, 0.29) is 35.9 Å². The van der Waals surface area contributed by atoms with Gasteiger partial charge in [-0.25, -0.2) is 4.79 Å². The minimum Gasteiger partial charge on any atom is -1.00 e. The number of nitrogens with one attached hydrogen (secondary N) is 1. The number of carbonyl (C=O) groups is 2. The highest BCUT2D eigenvalue weighted by atomic mass is 127. The fourth-order valence-corrected chi connectivity index (χ4v) is 4.07. The van der Waals surface area contributed by atoms with Crippen molar-refractivity contribution < 1.29 is 48.4 Å². The highest BCUT2D eigenvalue weighted by Gasteiger charge is 2.14. The molecule has 206 valence electrons. The van der Waals surface area contributed by atoms with E-state index < -0.39 is 0 Å². The van der Waals surface area contributed by atoms with Crippen LogP contribution < -0.4 is 39.3 Å². The number of rotatable bonds is 18. The van der Waals surface area contributed by atoms with Crippen molar-refractivity contribution in [2.24, 2.45) is 0 Å². The van der Waals surface area contributed by atoms with Gasteiger partial charge in [-0.1, -0.05) is 71.4 Å². The summed E-state index contributed by atoms with van der Waals surface area (Å²) in [6.07, 6.45) is 10.7. The third kappa shape index (κ3) is 12.8. The molecular formula is C30H45IN2O4. The third-order valence-electron chi connectivity index (χ3n) is 6.42. The quantitative estimate of drug-likeness (QED) is 0.152. The Bertz CT molecular complexity index is 901. The monoisotopic (exact) mass is 624 g/mol. The molecular weight excluding hydrogens is 579 g/mol. The second-order valence-electron chi connectivity index (χ2n) is 9.23. The van der Waals surface area contributed by atoms with E-state index in [0.717, 1.165) is 32.2 Å². The van der Waals surface area contributed by atoms with Crippen LogP contribution in [0.25, 0.3) is 0 Å². The number of hydrogen-bond acceptors (Lipinski definition) is 4. The van der Waals surface area contributed by atoms with Gasteiger partial charge in [0.2, 0.25) is 0 Å². The van der Waals surface area contributed by atoms with Crippen molar-refractivity contribution in [3.05, 3.63) is 59.7 Å². The standard InChI is InChI=1S/C30H44N2O4.HI/c1-4-7-8-9-10-11-14-22-35-28-16-13-12-15-27(28)29(33)32-26-19-17-24(18-20-26)30(34)36-23-21-31-25(5-2)6-3;/h12-13,15-20,25,31H,4-11,14,21-23H2,1-3H3,(H,32,33);1H. The molecule has 0 spiro atoms. The second kappa shape index (κ2) is 19.9. The normalized spacial score (nSPS) is 10.6. The molecule has 0 bridgehead atoms. The number of quaternary nitrogens is 1. The first-order valence-electron chi connectivity index (χ1n) is 13.7. The van der Waals surface area contributed by atoms with Gasteiger partial charge in [0, 0.05) is 5.69 Å². The molecule has 0 fully saturated rings. The van der Waals surface area contributed by atoms with Crippen molar-refractivity contribution in [3.8, 4) is 5.75 Å². The van der Waals surface area contributed by atoms with E-state index in [9.17, 15) is 9.59 Å². The summed E-state index contributed by atoms with van der Waals surface area (Å²) in [6.45, 7) is 8.30. The van der Waals surface area contributed by atoms with Gasteiger partial charge in [-0.3, -0.25) is 4.79 Å². The van der Waals surface area contributed by atoms with Crippen LogP contribution in [0.1, 0.15) is 99.3 Å². The van der Waals surface area contributed by atoms with Gasteiger partial charge in [-0.2, -0.15) is 0 Å². The van der Waals surface area contributed by atoms with E-state index in [0.29, 0.717) is 41.8 Å². The number of hydrogen-bond donors (Lipinski definition) is 2. The number of esters is 1. The average molecular weight is 625 g/mol. The minimum absolute atomic E-state index is 0. The Morgan fingerprint density at radius 2 is 1.49 bits per heavy atom. The SMILES string of the molecule is CCCCCCCCCOc1ccccc1C(=O)Nc1ccc(C(=O)OCC[NH2+]C(CC)CC)cc1.[I-]. The molecule has 0 aromatic heterocycles. The second-order valence-corrected chi connectivity index (χ2v) is 9.23. The number of carbonyl (C=O) groups excluding carboxylic acids is 2. The van der Waals surface area contributed by atoms with Crippen molar-refractivity contribution >= 4 is 17.6 Å². The number of nitrogens with two attached hydrogens (primary N) is 1. The number of anilines is 1. The van der Waals surface area contributed by atoms with Crippen LogP contribution in [0.2, 0.25) is 0 Å².